The van der Waals surface area contributed by atoms with Gasteiger partial charge in [0.25, 0.3) is 0 Å². The lowest BCUT2D eigenvalue weighted by Crippen LogP contribution is -2.20. The van der Waals surface area contributed by atoms with Crippen molar-refractivity contribution in [2.75, 3.05) is 23.5 Å². The van der Waals surface area contributed by atoms with E-state index in [1.807, 2.05) is 0 Å². The number of nitrogen functional groups attached to an aromatic ring is 1. The number of hydrogen-bond donors (Lipinski definition) is 3. The number of hydrogen-bond acceptors (Lipinski definition) is 3. The van der Waals surface area contributed by atoms with Crippen LogP contribution < -0.4 is 21.1 Å². The third-order valence-electron chi connectivity index (χ3n) is 2.67. The Labute approximate surface area is 139 Å². The summed E-state index contributed by atoms with van der Waals surface area (Å²) in [7, 11) is 1.59. The SMILES string of the molecule is COc1ccc(NC(=O)Nc2c(N)cc(Br)cc2Br)cc1. The van der Waals surface area contributed by atoms with Gasteiger partial charge in [0.15, 0.2) is 0 Å². The van der Waals surface area contributed by atoms with Crippen molar-refractivity contribution in [1.82, 2.24) is 0 Å². The highest BCUT2D eigenvalue weighted by Crippen LogP contribution is 2.32. The number of amides is 2. The maximum absolute atomic E-state index is 12.0. The van der Waals surface area contributed by atoms with Gasteiger partial charge in [0.1, 0.15) is 5.75 Å². The molecule has 4 N–H and O–H groups in total. The van der Waals surface area contributed by atoms with Gasteiger partial charge in [-0.05, 0) is 52.3 Å². The average molecular weight is 415 g/mol. The van der Waals surface area contributed by atoms with Gasteiger partial charge in [-0.15, -0.1) is 0 Å². The van der Waals surface area contributed by atoms with E-state index < -0.39 is 0 Å². The van der Waals surface area contributed by atoms with Crippen LogP contribution in [-0.2, 0) is 0 Å². The molecule has 21 heavy (non-hydrogen) atoms. The molecular weight excluding hydrogens is 402 g/mol. The van der Waals surface area contributed by atoms with E-state index in [2.05, 4.69) is 42.5 Å². The fourth-order valence-corrected chi connectivity index (χ4v) is 3.03. The van der Waals surface area contributed by atoms with Gasteiger partial charge in [-0.1, -0.05) is 15.9 Å². The smallest absolute Gasteiger partial charge is 0.323 e. The lowest BCUT2D eigenvalue weighted by Gasteiger charge is -2.12. The Bertz CT molecular complexity index is 637. The first-order valence-corrected chi connectivity index (χ1v) is 7.55. The van der Waals surface area contributed by atoms with E-state index in [4.69, 9.17) is 10.5 Å². The summed E-state index contributed by atoms with van der Waals surface area (Å²) in [6.07, 6.45) is 0. The number of rotatable bonds is 3. The first-order chi connectivity index (χ1) is 9.99. The Hall–Kier alpha value is -1.73. The number of nitrogens with one attached hydrogen (secondary N) is 2. The van der Waals surface area contributed by atoms with Crippen molar-refractivity contribution in [3.05, 3.63) is 45.3 Å². The fraction of sp³-hybridized carbons (Fsp3) is 0.0714. The van der Waals surface area contributed by atoms with Crippen molar-refractivity contribution in [3.8, 4) is 5.75 Å². The Balaban J connectivity index is 2.08. The molecule has 7 heteroatoms. The summed E-state index contributed by atoms with van der Waals surface area (Å²) < 4.78 is 6.58. The molecule has 0 unspecified atom stereocenters. The van der Waals surface area contributed by atoms with Crippen molar-refractivity contribution in [1.29, 1.82) is 0 Å². The van der Waals surface area contributed by atoms with Gasteiger partial charge in [0, 0.05) is 14.6 Å². The van der Waals surface area contributed by atoms with Crippen molar-refractivity contribution in [3.63, 3.8) is 0 Å². The molecule has 2 rings (SSSR count). The molecule has 110 valence electrons. The van der Waals surface area contributed by atoms with Crippen LogP contribution in [0.4, 0.5) is 21.9 Å². The summed E-state index contributed by atoms with van der Waals surface area (Å²) >= 11 is 6.69. The predicted molar refractivity (Wildman–Crippen MR) is 91.9 cm³/mol. The summed E-state index contributed by atoms with van der Waals surface area (Å²) in [5, 5.41) is 5.43. The van der Waals surface area contributed by atoms with Crippen LogP contribution in [0.15, 0.2) is 45.3 Å². The van der Waals surface area contributed by atoms with Gasteiger partial charge >= 0.3 is 6.03 Å². The average Bonchev–Trinajstić information content (AvgIpc) is 2.43. The second-order valence-corrected chi connectivity index (χ2v) is 5.93. The van der Waals surface area contributed by atoms with Gasteiger partial charge in [0.05, 0.1) is 18.5 Å². The van der Waals surface area contributed by atoms with E-state index in [0.29, 0.717) is 21.5 Å². The molecule has 0 saturated heterocycles. The normalized spacial score (nSPS) is 10.0. The lowest BCUT2D eigenvalue weighted by molar-refractivity contribution is 0.262. The number of carbonyl (C=O) groups is 1. The van der Waals surface area contributed by atoms with Crippen molar-refractivity contribution in [2.45, 2.75) is 0 Å². The van der Waals surface area contributed by atoms with E-state index in [0.717, 1.165) is 10.2 Å². The molecule has 2 aromatic rings. The molecule has 0 fully saturated rings. The largest absolute Gasteiger partial charge is 0.497 e. The van der Waals surface area contributed by atoms with Crippen LogP contribution in [0.2, 0.25) is 0 Å². The maximum atomic E-state index is 12.0. The Morgan fingerprint density at radius 3 is 2.38 bits per heavy atom. The van der Waals surface area contributed by atoms with E-state index >= 15 is 0 Å². The minimum Gasteiger partial charge on any atom is -0.497 e. The van der Waals surface area contributed by atoms with Gasteiger partial charge in [-0.2, -0.15) is 0 Å². The number of halogens is 2. The molecule has 0 saturated carbocycles. The van der Waals surface area contributed by atoms with Crippen LogP contribution in [-0.4, -0.2) is 13.1 Å². The highest BCUT2D eigenvalue weighted by molar-refractivity contribution is 9.11. The molecule has 0 aliphatic heterocycles. The molecule has 2 amide bonds. The van der Waals surface area contributed by atoms with Crippen LogP contribution in [0.3, 0.4) is 0 Å². The number of benzene rings is 2. The fourth-order valence-electron chi connectivity index (χ4n) is 1.68. The quantitative estimate of drug-likeness (QED) is 0.649. The number of anilines is 3. The zero-order valence-electron chi connectivity index (χ0n) is 11.1. The number of carbonyl (C=O) groups excluding carboxylic acids is 1. The second-order valence-electron chi connectivity index (χ2n) is 4.16. The number of nitrogens with two attached hydrogens (primary N) is 1. The molecule has 0 bridgehead atoms. The second kappa shape index (κ2) is 6.82. The van der Waals surface area contributed by atoms with E-state index in [9.17, 15) is 4.79 Å². The van der Waals surface area contributed by atoms with Crippen molar-refractivity contribution in [2.24, 2.45) is 0 Å². The molecule has 0 atom stereocenters. The predicted octanol–water partition coefficient (Wildman–Crippen LogP) is 4.45. The van der Waals surface area contributed by atoms with Gasteiger partial charge in [0.2, 0.25) is 0 Å². The van der Waals surface area contributed by atoms with Crippen LogP contribution in [0.1, 0.15) is 0 Å². The summed E-state index contributed by atoms with van der Waals surface area (Å²) in [5.41, 5.74) is 7.51. The number of urea groups is 1. The summed E-state index contributed by atoms with van der Waals surface area (Å²) in [6.45, 7) is 0. The van der Waals surface area contributed by atoms with Gasteiger partial charge < -0.3 is 21.1 Å². The first kappa shape index (κ1) is 15.7. The zero-order chi connectivity index (χ0) is 15.4. The standard InChI is InChI=1S/C14H13Br2N3O2/c1-21-10-4-2-9(3-5-10)18-14(20)19-13-11(16)6-8(15)7-12(13)17/h2-7H,17H2,1H3,(H2,18,19,20). The summed E-state index contributed by atoms with van der Waals surface area (Å²) in [5.74, 6) is 0.723. The van der Waals surface area contributed by atoms with Crippen LogP contribution in [0, 0.1) is 0 Å². The van der Waals surface area contributed by atoms with Crippen LogP contribution >= 0.6 is 31.9 Å². The number of methoxy groups -OCH3 is 1. The third kappa shape index (κ3) is 4.12. The van der Waals surface area contributed by atoms with Crippen molar-refractivity contribution < 1.29 is 9.53 Å². The molecule has 0 aliphatic rings. The highest BCUT2D eigenvalue weighted by atomic mass is 79.9. The minimum atomic E-state index is -0.380. The summed E-state index contributed by atoms with van der Waals surface area (Å²) in [4.78, 5) is 12.0. The van der Waals surface area contributed by atoms with E-state index in [-0.39, 0.29) is 6.03 Å². The van der Waals surface area contributed by atoms with Gasteiger partial charge in [-0.3, -0.25) is 0 Å². The minimum absolute atomic E-state index is 0.380. The molecule has 2 aromatic carbocycles. The Morgan fingerprint density at radius 1 is 1.14 bits per heavy atom. The Morgan fingerprint density at radius 2 is 1.81 bits per heavy atom. The zero-order valence-corrected chi connectivity index (χ0v) is 14.3. The molecule has 0 heterocycles. The lowest BCUT2D eigenvalue weighted by atomic mass is 10.2. The third-order valence-corrected chi connectivity index (χ3v) is 3.76. The molecule has 0 spiro atoms. The Kier molecular flexibility index (Phi) is 5.08. The number of ether oxygens (including phenoxy) is 1. The van der Waals surface area contributed by atoms with Crippen LogP contribution in [0.5, 0.6) is 5.75 Å². The molecule has 0 radical (unpaired) electrons. The molecular formula is C14H13Br2N3O2. The first-order valence-electron chi connectivity index (χ1n) is 5.96. The molecule has 0 aliphatic carbocycles. The van der Waals surface area contributed by atoms with Gasteiger partial charge in [-0.25, -0.2) is 4.79 Å². The highest BCUT2D eigenvalue weighted by Gasteiger charge is 2.10. The molecule has 5 nitrogen and oxygen atoms in total. The van der Waals surface area contributed by atoms with Crippen molar-refractivity contribution >= 4 is 55.0 Å². The maximum Gasteiger partial charge on any atom is 0.323 e. The van der Waals surface area contributed by atoms with Crippen LogP contribution in [0.25, 0.3) is 0 Å². The topological polar surface area (TPSA) is 76.4 Å². The molecule has 0 aromatic heterocycles. The van der Waals surface area contributed by atoms with E-state index in [1.54, 1.807) is 43.5 Å². The van der Waals surface area contributed by atoms with E-state index in [1.165, 1.54) is 0 Å². The summed E-state index contributed by atoms with van der Waals surface area (Å²) in [6, 6.07) is 10.2. The monoisotopic (exact) mass is 413 g/mol.